The highest BCUT2D eigenvalue weighted by Crippen LogP contribution is 2.38. The number of nitrogens with one attached hydrogen (secondary N) is 1. The second-order valence-corrected chi connectivity index (χ2v) is 11.9. The van der Waals surface area contributed by atoms with Gasteiger partial charge in [0, 0.05) is 31.7 Å². The molecule has 2 saturated heterocycles. The van der Waals surface area contributed by atoms with E-state index in [1.54, 1.807) is 4.90 Å². The maximum atomic E-state index is 13.4. The Bertz CT molecular complexity index is 1010. The van der Waals surface area contributed by atoms with Crippen LogP contribution in [0.25, 0.3) is 0 Å². The van der Waals surface area contributed by atoms with E-state index in [1.807, 2.05) is 29.2 Å². The SMILES string of the molecule is CS(=O)(=O)NCC(=O)N1CCC2(CCCCOC[C@@H]3CCCN3C(=O)c3ccccc3OC2)CC1. The molecular formula is C25H37N3O6S. The average molecular weight is 508 g/mol. The molecule has 1 aromatic rings. The number of hydrogen-bond acceptors (Lipinski definition) is 6. The number of sulfonamides is 1. The van der Waals surface area contributed by atoms with Gasteiger partial charge in [0.15, 0.2) is 0 Å². The number of carbonyl (C=O) groups is 2. The summed E-state index contributed by atoms with van der Waals surface area (Å²) in [4.78, 5) is 29.6. The Kier molecular flexibility index (Phi) is 8.34. The van der Waals surface area contributed by atoms with Crippen molar-refractivity contribution in [1.29, 1.82) is 0 Å². The molecule has 3 heterocycles. The van der Waals surface area contributed by atoms with Crippen LogP contribution in [0, 0.1) is 5.41 Å². The number of nitrogens with zero attached hydrogens (tertiary/aromatic N) is 2. The van der Waals surface area contributed by atoms with Crippen molar-refractivity contribution in [3.05, 3.63) is 29.8 Å². The highest BCUT2D eigenvalue weighted by molar-refractivity contribution is 7.88. The van der Waals surface area contributed by atoms with Crippen LogP contribution >= 0.6 is 0 Å². The van der Waals surface area contributed by atoms with Crippen LogP contribution in [0.15, 0.2) is 24.3 Å². The van der Waals surface area contributed by atoms with E-state index in [2.05, 4.69) is 4.72 Å². The standard InChI is InChI=1S/C25H37N3O6S/c1-35(31,32)26-17-23(29)27-14-11-25(12-15-27)10-4-5-16-33-18-20-7-6-13-28(20)24(30)21-8-2-3-9-22(21)34-19-25/h2-3,8-9,20,26H,4-7,10-19H2,1H3/t20-/m0/s1. The van der Waals surface area contributed by atoms with E-state index >= 15 is 0 Å². The van der Waals surface area contributed by atoms with E-state index in [0.29, 0.717) is 44.2 Å². The Hall–Kier alpha value is -2.17. The first-order chi connectivity index (χ1) is 16.8. The van der Waals surface area contributed by atoms with Crippen molar-refractivity contribution in [1.82, 2.24) is 14.5 Å². The third-order valence-electron chi connectivity index (χ3n) is 7.51. The van der Waals surface area contributed by atoms with Crippen molar-refractivity contribution in [3.63, 3.8) is 0 Å². The Morgan fingerprint density at radius 1 is 1.11 bits per heavy atom. The third kappa shape index (κ3) is 6.74. The zero-order valence-corrected chi connectivity index (χ0v) is 21.4. The first-order valence-electron chi connectivity index (χ1n) is 12.6. The van der Waals surface area contributed by atoms with Crippen molar-refractivity contribution in [3.8, 4) is 5.75 Å². The van der Waals surface area contributed by atoms with E-state index in [9.17, 15) is 18.0 Å². The van der Waals surface area contributed by atoms with Crippen LogP contribution in [0.2, 0.25) is 0 Å². The van der Waals surface area contributed by atoms with Crippen LogP contribution in [-0.2, 0) is 19.6 Å². The number of amides is 2. The minimum Gasteiger partial charge on any atom is -0.492 e. The van der Waals surface area contributed by atoms with E-state index in [0.717, 1.165) is 57.7 Å². The molecule has 35 heavy (non-hydrogen) atoms. The summed E-state index contributed by atoms with van der Waals surface area (Å²) < 4.78 is 37.3. The summed E-state index contributed by atoms with van der Waals surface area (Å²) in [5.41, 5.74) is 0.475. The quantitative estimate of drug-likeness (QED) is 0.671. The highest BCUT2D eigenvalue weighted by Gasteiger charge is 2.37. The monoisotopic (exact) mass is 507 g/mol. The Labute approximate surface area is 208 Å². The molecule has 9 nitrogen and oxygen atoms in total. The number of hydrogen-bond donors (Lipinski definition) is 1. The topological polar surface area (TPSA) is 105 Å². The number of rotatable bonds is 3. The van der Waals surface area contributed by atoms with Crippen LogP contribution in [0.1, 0.15) is 55.3 Å². The molecule has 4 rings (SSSR count). The van der Waals surface area contributed by atoms with Crippen LogP contribution in [-0.4, -0.2) is 88.3 Å². The molecule has 10 heteroatoms. The van der Waals surface area contributed by atoms with Gasteiger partial charge in [-0.2, -0.15) is 0 Å². The lowest BCUT2D eigenvalue weighted by Gasteiger charge is -2.42. The zero-order valence-electron chi connectivity index (χ0n) is 20.5. The molecule has 1 N–H and O–H groups in total. The predicted molar refractivity (Wildman–Crippen MR) is 132 cm³/mol. The second kappa shape index (κ2) is 11.3. The van der Waals surface area contributed by atoms with Crippen molar-refractivity contribution in [2.75, 3.05) is 52.3 Å². The van der Waals surface area contributed by atoms with Crippen LogP contribution in [0.3, 0.4) is 0 Å². The first kappa shape index (κ1) is 25.9. The minimum absolute atomic E-state index is 0.00315. The van der Waals surface area contributed by atoms with Gasteiger partial charge >= 0.3 is 0 Å². The number of carbonyl (C=O) groups excluding carboxylic acids is 2. The summed E-state index contributed by atoms with van der Waals surface area (Å²) in [5.74, 6) is 0.393. The van der Waals surface area contributed by atoms with Gasteiger partial charge in [-0.3, -0.25) is 9.59 Å². The van der Waals surface area contributed by atoms with Crippen molar-refractivity contribution in [2.24, 2.45) is 5.41 Å². The summed E-state index contributed by atoms with van der Waals surface area (Å²) >= 11 is 0. The summed E-state index contributed by atoms with van der Waals surface area (Å²) in [5, 5.41) is 0. The largest absolute Gasteiger partial charge is 0.492 e. The van der Waals surface area contributed by atoms with Gasteiger partial charge in [-0.15, -0.1) is 0 Å². The van der Waals surface area contributed by atoms with Crippen molar-refractivity contribution >= 4 is 21.8 Å². The van der Waals surface area contributed by atoms with E-state index < -0.39 is 10.0 Å². The molecule has 2 amide bonds. The Balaban J connectivity index is 1.47. The molecule has 1 atom stereocenters. The van der Waals surface area contributed by atoms with Gasteiger partial charge in [-0.1, -0.05) is 18.6 Å². The van der Waals surface area contributed by atoms with Crippen LogP contribution < -0.4 is 9.46 Å². The summed E-state index contributed by atoms with van der Waals surface area (Å²) in [6.45, 7) is 3.35. The van der Waals surface area contributed by atoms with Crippen molar-refractivity contribution < 1.29 is 27.5 Å². The first-order valence-corrected chi connectivity index (χ1v) is 14.5. The summed E-state index contributed by atoms with van der Waals surface area (Å²) in [6, 6.07) is 7.58. The number of likely N-dealkylation sites (tertiary alicyclic amines) is 1. The maximum Gasteiger partial charge on any atom is 0.257 e. The molecule has 3 aliphatic rings. The zero-order chi connectivity index (χ0) is 24.9. The van der Waals surface area contributed by atoms with Gasteiger partial charge in [0.2, 0.25) is 15.9 Å². The molecule has 1 aromatic carbocycles. The molecule has 0 saturated carbocycles. The van der Waals surface area contributed by atoms with Gasteiger partial charge in [-0.25, -0.2) is 13.1 Å². The number of piperidine rings is 1. The molecule has 1 spiro atoms. The molecule has 0 unspecified atom stereocenters. The summed E-state index contributed by atoms with van der Waals surface area (Å²) in [6.07, 6.45) is 7.43. The lowest BCUT2D eigenvalue weighted by molar-refractivity contribution is -0.132. The maximum absolute atomic E-state index is 13.4. The van der Waals surface area contributed by atoms with Crippen LogP contribution in [0.4, 0.5) is 0 Å². The molecule has 0 bridgehead atoms. The van der Waals surface area contributed by atoms with Crippen LogP contribution in [0.5, 0.6) is 5.75 Å². The fourth-order valence-corrected chi connectivity index (χ4v) is 5.74. The average Bonchev–Trinajstić information content (AvgIpc) is 3.31. The smallest absolute Gasteiger partial charge is 0.257 e. The molecule has 194 valence electrons. The Morgan fingerprint density at radius 2 is 1.89 bits per heavy atom. The van der Waals surface area contributed by atoms with Gasteiger partial charge in [0.05, 0.1) is 37.6 Å². The van der Waals surface area contributed by atoms with Crippen molar-refractivity contribution in [2.45, 2.75) is 51.0 Å². The molecule has 0 aliphatic carbocycles. The number of ether oxygens (including phenoxy) is 2. The second-order valence-electron chi connectivity index (χ2n) is 10.1. The Morgan fingerprint density at radius 3 is 2.66 bits per heavy atom. The fourth-order valence-electron chi connectivity index (χ4n) is 5.36. The van der Waals surface area contributed by atoms with Gasteiger partial charge in [0.25, 0.3) is 5.91 Å². The van der Waals surface area contributed by atoms with E-state index in [-0.39, 0.29) is 29.8 Å². The van der Waals surface area contributed by atoms with E-state index in [1.165, 1.54) is 0 Å². The fraction of sp³-hybridized carbons (Fsp3) is 0.680. The number of benzene rings is 1. The molecular weight excluding hydrogens is 470 g/mol. The third-order valence-corrected chi connectivity index (χ3v) is 8.18. The lowest BCUT2D eigenvalue weighted by atomic mass is 9.75. The molecule has 0 aromatic heterocycles. The number of para-hydroxylation sites is 1. The van der Waals surface area contributed by atoms with Gasteiger partial charge in [-0.05, 0) is 50.7 Å². The van der Waals surface area contributed by atoms with E-state index in [4.69, 9.17) is 9.47 Å². The number of fused-ring (bicyclic) bond motifs is 2. The predicted octanol–water partition coefficient (Wildman–Crippen LogP) is 2.03. The lowest BCUT2D eigenvalue weighted by Crippen LogP contribution is -2.48. The molecule has 0 radical (unpaired) electrons. The molecule has 3 aliphatic heterocycles. The van der Waals surface area contributed by atoms with Gasteiger partial charge in [0.1, 0.15) is 5.75 Å². The normalized spacial score (nSPS) is 23.8. The minimum atomic E-state index is -3.41. The highest BCUT2D eigenvalue weighted by atomic mass is 32.2. The van der Waals surface area contributed by atoms with Gasteiger partial charge < -0.3 is 19.3 Å². The summed E-state index contributed by atoms with van der Waals surface area (Å²) in [7, 11) is -3.41. The molecule has 2 fully saturated rings.